The number of hydrogen-bond acceptors (Lipinski definition) is 5. The lowest BCUT2D eigenvalue weighted by Crippen LogP contribution is -2.27. The molecule has 0 N–H and O–H groups in total. The number of carbonyl (C=O) groups is 2. The molecule has 1 aliphatic rings. The summed E-state index contributed by atoms with van der Waals surface area (Å²) in [5.41, 5.74) is 3.19. The molecule has 2 heterocycles. The third kappa shape index (κ3) is 4.58. The minimum atomic E-state index is -0.504. The molecule has 9 heteroatoms. The van der Waals surface area contributed by atoms with Crippen molar-refractivity contribution in [1.29, 1.82) is 0 Å². The van der Waals surface area contributed by atoms with Gasteiger partial charge in [0.15, 0.2) is 0 Å². The maximum absolute atomic E-state index is 13.1. The number of nitrogens with zero attached hydrogens (tertiary/aromatic N) is 3. The van der Waals surface area contributed by atoms with Gasteiger partial charge in [-0.2, -0.15) is 0 Å². The van der Waals surface area contributed by atoms with Crippen LogP contribution in [0, 0.1) is 10.1 Å². The maximum atomic E-state index is 13.1. The Labute approximate surface area is 209 Å². The summed E-state index contributed by atoms with van der Waals surface area (Å²) in [4.78, 5) is 37.7. The van der Waals surface area contributed by atoms with Crippen molar-refractivity contribution in [2.45, 2.75) is 13.1 Å². The number of non-ortho nitro benzene ring substituents is 1. The predicted molar refractivity (Wildman–Crippen MR) is 137 cm³/mol. The van der Waals surface area contributed by atoms with Crippen LogP contribution >= 0.6 is 23.4 Å². The summed E-state index contributed by atoms with van der Waals surface area (Å²) >= 11 is 7.23. The molecule has 2 amide bonds. The summed E-state index contributed by atoms with van der Waals surface area (Å²) in [7, 11) is 0. The van der Waals surface area contributed by atoms with Gasteiger partial charge in [-0.3, -0.25) is 24.6 Å². The van der Waals surface area contributed by atoms with Gasteiger partial charge in [0.1, 0.15) is 0 Å². The normalized spacial score (nSPS) is 14.9. The summed E-state index contributed by atoms with van der Waals surface area (Å²) in [6.07, 6.45) is 3.67. The molecule has 1 aromatic heterocycles. The van der Waals surface area contributed by atoms with Crippen LogP contribution in [0.15, 0.2) is 83.9 Å². The number of imide groups is 1. The van der Waals surface area contributed by atoms with E-state index in [-0.39, 0.29) is 12.2 Å². The van der Waals surface area contributed by atoms with Gasteiger partial charge in [0, 0.05) is 46.4 Å². The number of nitro benzene ring substituents is 1. The van der Waals surface area contributed by atoms with Crippen LogP contribution in [0.2, 0.25) is 5.02 Å². The van der Waals surface area contributed by atoms with Crippen LogP contribution < -0.4 is 0 Å². The molecule has 0 unspecified atom stereocenters. The Morgan fingerprint density at radius 2 is 1.74 bits per heavy atom. The van der Waals surface area contributed by atoms with Gasteiger partial charge in [-0.25, -0.2) is 0 Å². The molecular weight excluding hydrogens is 486 g/mol. The topological polar surface area (TPSA) is 85.5 Å². The van der Waals surface area contributed by atoms with E-state index in [1.807, 2.05) is 54.7 Å². The Balaban J connectivity index is 1.45. The van der Waals surface area contributed by atoms with Gasteiger partial charge in [0.05, 0.1) is 16.4 Å². The number of hydrogen-bond donors (Lipinski definition) is 0. The minimum absolute atomic E-state index is 0.0298. The van der Waals surface area contributed by atoms with Gasteiger partial charge in [0.2, 0.25) is 0 Å². The second-order valence-corrected chi connectivity index (χ2v) is 9.42. The number of thioether (sulfide) groups is 1. The van der Waals surface area contributed by atoms with Crippen molar-refractivity contribution < 1.29 is 14.5 Å². The fourth-order valence-electron chi connectivity index (χ4n) is 4.06. The van der Waals surface area contributed by atoms with Crippen LogP contribution in [0.4, 0.5) is 10.5 Å². The van der Waals surface area contributed by atoms with E-state index in [2.05, 4.69) is 4.57 Å². The zero-order chi connectivity index (χ0) is 24.5. The SMILES string of the molecule is O=C1S/C(=C/c2cn(Cc3ccccc3Cl)c3ccccc23)C(=O)N1Cc1cccc([N+](=O)[O-])c1. The monoisotopic (exact) mass is 503 g/mol. The second-order valence-electron chi connectivity index (χ2n) is 8.02. The smallest absolute Gasteiger partial charge is 0.293 e. The van der Waals surface area contributed by atoms with E-state index in [0.29, 0.717) is 22.0 Å². The molecule has 5 rings (SSSR count). The van der Waals surface area contributed by atoms with Crippen molar-refractivity contribution in [2.75, 3.05) is 0 Å². The standard InChI is InChI=1S/C26H18ClN3O4S/c27-22-10-3-1-7-18(22)15-28-16-19(21-9-2-4-11-23(21)28)13-24-25(31)29(26(32)35-24)14-17-6-5-8-20(12-17)30(33)34/h1-13,16H,14-15H2/b24-13+. The van der Waals surface area contributed by atoms with Crippen LogP contribution in [-0.4, -0.2) is 25.5 Å². The molecule has 174 valence electrons. The molecule has 1 fully saturated rings. The third-order valence-electron chi connectivity index (χ3n) is 5.74. The van der Waals surface area contributed by atoms with E-state index in [0.717, 1.165) is 38.7 Å². The number of benzene rings is 3. The lowest BCUT2D eigenvalue weighted by Gasteiger charge is -2.12. The van der Waals surface area contributed by atoms with Crippen LogP contribution in [0.1, 0.15) is 16.7 Å². The van der Waals surface area contributed by atoms with E-state index in [1.165, 1.54) is 18.2 Å². The number of rotatable bonds is 6. The highest BCUT2D eigenvalue weighted by Gasteiger charge is 2.35. The Morgan fingerprint density at radius 3 is 2.54 bits per heavy atom. The van der Waals surface area contributed by atoms with E-state index in [9.17, 15) is 19.7 Å². The van der Waals surface area contributed by atoms with Crippen molar-refractivity contribution in [3.63, 3.8) is 0 Å². The number of halogens is 1. The van der Waals surface area contributed by atoms with Crippen LogP contribution in [0.5, 0.6) is 0 Å². The number of carbonyl (C=O) groups excluding carboxylic acids is 2. The predicted octanol–water partition coefficient (Wildman–Crippen LogP) is 6.49. The average Bonchev–Trinajstić information content (AvgIpc) is 3.33. The Hall–Kier alpha value is -3.88. The van der Waals surface area contributed by atoms with Gasteiger partial charge in [-0.15, -0.1) is 0 Å². The van der Waals surface area contributed by atoms with Gasteiger partial charge >= 0.3 is 0 Å². The molecule has 1 saturated heterocycles. The summed E-state index contributed by atoms with van der Waals surface area (Å²) < 4.78 is 2.07. The maximum Gasteiger partial charge on any atom is 0.293 e. The summed E-state index contributed by atoms with van der Waals surface area (Å²) in [6.45, 7) is 0.528. The van der Waals surface area contributed by atoms with Gasteiger partial charge in [0.25, 0.3) is 16.8 Å². The molecule has 4 aromatic rings. The van der Waals surface area contributed by atoms with Crippen LogP contribution in [0.3, 0.4) is 0 Å². The Bertz CT molecular complexity index is 1530. The highest BCUT2D eigenvalue weighted by Crippen LogP contribution is 2.35. The third-order valence-corrected chi connectivity index (χ3v) is 7.02. The summed E-state index contributed by atoms with van der Waals surface area (Å²) in [6, 6.07) is 21.4. The van der Waals surface area contributed by atoms with Gasteiger partial charge in [-0.1, -0.05) is 60.1 Å². The first-order valence-corrected chi connectivity index (χ1v) is 11.9. The summed E-state index contributed by atoms with van der Waals surface area (Å²) in [5.74, 6) is -0.422. The zero-order valence-electron chi connectivity index (χ0n) is 18.3. The largest absolute Gasteiger partial charge is 0.342 e. The van der Waals surface area contributed by atoms with E-state index < -0.39 is 16.1 Å². The summed E-state index contributed by atoms with van der Waals surface area (Å²) in [5, 5.41) is 12.3. The molecule has 0 saturated carbocycles. The van der Waals surface area contributed by atoms with E-state index in [1.54, 1.807) is 12.1 Å². The van der Waals surface area contributed by atoms with Gasteiger partial charge < -0.3 is 4.57 Å². The molecular formula is C26H18ClN3O4S. The van der Waals surface area contributed by atoms with E-state index >= 15 is 0 Å². The number of amides is 2. The molecule has 0 atom stereocenters. The molecule has 35 heavy (non-hydrogen) atoms. The average molecular weight is 504 g/mol. The van der Waals surface area contributed by atoms with Crippen molar-refractivity contribution >= 4 is 57.2 Å². The molecule has 3 aromatic carbocycles. The van der Waals surface area contributed by atoms with Gasteiger partial charge in [-0.05, 0) is 41.1 Å². The fourth-order valence-corrected chi connectivity index (χ4v) is 5.08. The molecule has 1 aliphatic heterocycles. The van der Waals surface area contributed by atoms with Crippen LogP contribution in [0.25, 0.3) is 17.0 Å². The van der Waals surface area contributed by atoms with Crippen molar-refractivity contribution in [1.82, 2.24) is 9.47 Å². The Morgan fingerprint density at radius 1 is 0.971 bits per heavy atom. The first-order chi connectivity index (χ1) is 16.9. The first-order valence-electron chi connectivity index (χ1n) is 10.7. The zero-order valence-corrected chi connectivity index (χ0v) is 19.8. The number of para-hydroxylation sites is 1. The molecule has 0 bridgehead atoms. The van der Waals surface area contributed by atoms with Crippen molar-refractivity contribution in [3.05, 3.63) is 116 Å². The Kier molecular flexibility index (Phi) is 6.15. The fraction of sp³-hybridized carbons (Fsp3) is 0.0769. The molecule has 0 radical (unpaired) electrons. The van der Waals surface area contributed by atoms with Crippen molar-refractivity contribution in [2.24, 2.45) is 0 Å². The lowest BCUT2D eigenvalue weighted by molar-refractivity contribution is -0.384. The van der Waals surface area contributed by atoms with Crippen LogP contribution in [-0.2, 0) is 17.9 Å². The highest BCUT2D eigenvalue weighted by atomic mass is 35.5. The number of aromatic nitrogens is 1. The number of fused-ring (bicyclic) bond motifs is 1. The minimum Gasteiger partial charge on any atom is -0.342 e. The molecule has 0 aliphatic carbocycles. The lowest BCUT2D eigenvalue weighted by atomic mass is 10.1. The second kappa shape index (κ2) is 9.40. The number of nitro groups is 1. The van der Waals surface area contributed by atoms with Crippen molar-refractivity contribution in [3.8, 4) is 0 Å². The molecule has 0 spiro atoms. The first kappa shape index (κ1) is 22.9. The van der Waals surface area contributed by atoms with E-state index in [4.69, 9.17) is 11.6 Å². The quantitative estimate of drug-likeness (QED) is 0.170. The molecule has 7 nitrogen and oxygen atoms in total. The highest BCUT2D eigenvalue weighted by molar-refractivity contribution is 8.18.